The highest BCUT2D eigenvalue weighted by Gasteiger charge is 2.38. The monoisotopic (exact) mass is 440 g/mol. The Balaban J connectivity index is 1.39. The number of nitrogens with one attached hydrogen (secondary N) is 1. The lowest BCUT2D eigenvalue weighted by atomic mass is 9.85. The van der Waals surface area contributed by atoms with Crippen LogP contribution in [-0.4, -0.2) is 21.8 Å². The Morgan fingerprint density at radius 3 is 2.55 bits per heavy atom. The van der Waals surface area contributed by atoms with Crippen molar-refractivity contribution in [1.82, 2.24) is 4.98 Å². The number of carbonyl (C=O) groups excluding carboxylic acids is 1. The third-order valence-electron chi connectivity index (χ3n) is 6.35. The fourth-order valence-corrected chi connectivity index (χ4v) is 4.66. The van der Waals surface area contributed by atoms with Crippen LogP contribution in [0.1, 0.15) is 35.2 Å². The summed E-state index contributed by atoms with van der Waals surface area (Å²) in [4.78, 5) is 29.3. The molecule has 0 spiro atoms. The van der Waals surface area contributed by atoms with E-state index in [1.807, 2.05) is 67.6 Å². The van der Waals surface area contributed by atoms with Crippen molar-refractivity contribution in [3.63, 3.8) is 0 Å². The van der Waals surface area contributed by atoms with Gasteiger partial charge in [0.1, 0.15) is 5.52 Å². The summed E-state index contributed by atoms with van der Waals surface area (Å²) in [6.45, 7) is 2.00. The molecule has 1 fully saturated rings. The van der Waals surface area contributed by atoms with Gasteiger partial charge in [-0.15, -0.1) is 0 Å². The van der Waals surface area contributed by atoms with E-state index in [2.05, 4.69) is 10.3 Å². The molecule has 1 heterocycles. The van der Waals surface area contributed by atoms with Crippen molar-refractivity contribution in [2.75, 3.05) is 5.32 Å². The normalized spacial score (nSPS) is 17.8. The Morgan fingerprint density at radius 1 is 1.00 bits per heavy atom. The van der Waals surface area contributed by atoms with Gasteiger partial charge >= 0.3 is 5.97 Å². The molecule has 1 aliphatic carbocycles. The van der Waals surface area contributed by atoms with Crippen molar-refractivity contribution in [2.45, 2.75) is 26.2 Å². The molecule has 33 heavy (non-hydrogen) atoms. The standard InChI is InChI=1S/C27H24N2O4/c1-16-9-14-23-24(15-16)33-27(29-23)28-18-12-10-17(11-13-18)19-5-2-3-6-20(19)25(30)21-7-4-8-22(21)26(31)32/h2-3,5-6,9-15,21-22H,4,7-8H2,1H3,(H,28,29)(H,31,32)/t21-,22-/m1/s1. The topological polar surface area (TPSA) is 92.4 Å². The third kappa shape index (κ3) is 4.12. The number of rotatable bonds is 6. The van der Waals surface area contributed by atoms with Crippen LogP contribution in [0.15, 0.2) is 71.1 Å². The number of aromatic nitrogens is 1. The molecule has 166 valence electrons. The number of hydrogen-bond donors (Lipinski definition) is 2. The van der Waals surface area contributed by atoms with Gasteiger partial charge in [-0.25, -0.2) is 0 Å². The maximum atomic E-state index is 13.3. The average molecular weight is 440 g/mol. The summed E-state index contributed by atoms with van der Waals surface area (Å²) in [6, 6.07) is 21.4. The highest BCUT2D eigenvalue weighted by molar-refractivity contribution is 6.05. The molecule has 2 N–H and O–H groups in total. The molecular formula is C27H24N2O4. The van der Waals surface area contributed by atoms with Gasteiger partial charge in [-0.3, -0.25) is 9.59 Å². The highest BCUT2D eigenvalue weighted by atomic mass is 16.4. The van der Waals surface area contributed by atoms with Crippen molar-refractivity contribution in [1.29, 1.82) is 0 Å². The van der Waals surface area contributed by atoms with Crippen molar-refractivity contribution in [3.05, 3.63) is 77.9 Å². The van der Waals surface area contributed by atoms with Crippen LogP contribution in [0, 0.1) is 18.8 Å². The molecule has 0 aliphatic heterocycles. The zero-order valence-electron chi connectivity index (χ0n) is 18.2. The zero-order valence-corrected chi connectivity index (χ0v) is 18.2. The highest BCUT2D eigenvalue weighted by Crippen LogP contribution is 2.37. The lowest BCUT2D eigenvalue weighted by molar-refractivity contribution is -0.142. The summed E-state index contributed by atoms with van der Waals surface area (Å²) in [6.07, 6.45) is 1.95. The molecule has 2 atom stereocenters. The van der Waals surface area contributed by atoms with Crippen LogP contribution in [0.3, 0.4) is 0 Å². The fourth-order valence-electron chi connectivity index (χ4n) is 4.66. The number of aliphatic carboxylic acids is 1. The Hall–Kier alpha value is -3.93. The quantitative estimate of drug-likeness (QED) is 0.345. The van der Waals surface area contributed by atoms with Gasteiger partial charge in [0.25, 0.3) is 6.01 Å². The molecule has 1 saturated carbocycles. The first kappa shape index (κ1) is 20.9. The Kier molecular flexibility index (Phi) is 5.42. The van der Waals surface area contributed by atoms with E-state index in [-0.39, 0.29) is 5.78 Å². The molecule has 1 aliphatic rings. The van der Waals surface area contributed by atoms with E-state index in [9.17, 15) is 14.7 Å². The number of anilines is 2. The maximum absolute atomic E-state index is 13.3. The lowest BCUT2D eigenvalue weighted by Crippen LogP contribution is -2.25. The number of carboxylic acid groups (broad SMARTS) is 1. The third-order valence-corrected chi connectivity index (χ3v) is 6.35. The number of oxazole rings is 1. The number of carbonyl (C=O) groups is 2. The minimum atomic E-state index is -0.881. The van der Waals surface area contributed by atoms with Gasteiger partial charge < -0.3 is 14.8 Å². The predicted molar refractivity (Wildman–Crippen MR) is 127 cm³/mol. The Labute approximate surface area is 191 Å². The van der Waals surface area contributed by atoms with Crippen LogP contribution in [0.25, 0.3) is 22.2 Å². The molecule has 6 nitrogen and oxygen atoms in total. The van der Waals surface area contributed by atoms with Gasteiger partial charge in [0.2, 0.25) is 0 Å². The second-order valence-electron chi connectivity index (χ2n) is 8.58. The smallest absolute Gasteiger partial charge is 0.307 e. The van der Waals surface area contributed by atoms with E-state index in [4.69, 9.17) is 4.42 Å². The number of aryl methyl sites for hydroxylation is 1. The maximum Gasteiger partial charge on any atom is 0.307 e. The number of carboxylic acids is 1. The minimum absolute atomic E-state index is 0.0838. The molecule has 4 aromatic rings. The van der Waals surface area contributed by atoms with E-state index in [1.165, 1.54) is 0 Å². The molecule has 3 aromatic carbocycles. The van der Waals surface area contributed by atoms with Crippen LogP contribution in [0.4, 0.5) is 11.7 Å². The molecule has 0 radical (unpaired) electrons. The molecule has 0 unspecified atom stereocenters. The number of hydrogen-bond acceptors (Lipinski definition) is 5. The van der Waals surface area contributed by atoms with Crippen molar-refractivity contribution in [2.24, 2.45) is 11.8 Å². The van der Waals surface area contributed by atoms with E-state index in [0.29, 0.717) is 24.4 Å². The average Bonchev–Trinajstić information content (AvgIpc) is 3.46. The molecule has 0 saturated heterocycles. The molecule has 6 heteroatoms. The number of Topliss-reactive ketones (excluding diaryl/α,β-unsaturated/α-hetero) is 1. The summed E-state index contributed by atoms with van der Waals surface area (Å²) in [5, 5.41) is 12.7. The minimum Gasteiger partial charge on any atom is -0.481 e. The molecule has 1 aromatic heterocycles. The number of ketones is 1. The van der Waals surface area contributed by atoms with Gasteiger partial charge in [0.15, 0.2) is 11.4 Å². The summed E-state index contributed by atoms with van der Waals surface area (Å²) < 4.78 is 5.79. The first-order chi connectivity index (χ1) is 16.0. The van der Waals surface area contributed by atoms with Crippen molar-refractivity contribution >= 4 is 34.6 Å². The molecular weight excluding hydrogens is 416 g/mol. The second kappa shape index (κ2) is 8.54. The van der Waals surface area contributed by atoms with Crippen molar-refractivity contribution in [3.8, 4) is 11.1 Å². The molecule has 0 bridgehead atoms. The predicted octanol–water partition coefficient (Wildman–Crippen LogP) is 6.23. The van der Waals surface area contributed by atoms with E-state index >= 15 is 0 Å². The number of benzene rings is 3. The SMILES string of the molecule is Cc1ccc2nc(Nc3ccc(-c4ccccc4C(=O)[C@@H]4CCC[C@H]4C(=O)O)cc3)oc2c1. The summed E-state index contributed by atoms with van der Waals surface area (Å²) in [5.74, 6) is -2.03. The van der Waals surface area contributed by atoms with Crippen molar-refractivity contribution < 1.29 is 19.1 Å². The Morgan fingerprint density at radius 2 is 1.76 bits per heavy atom. The summed E-state index contributed by atoms with van der Waals surface area (Å²) in [5.41, 5.74) is 5.71. The second-order valence-corrected chi connectivity index (χ2v) is 8.58. The van der Waals surface area contributed by atoms with Crippen LogP contribution < -0.4 is 5.32 Å². The van der Waals surface area contributed by atoms with Crippen LogP contribution in [0.2, 0.25) is 0 Å². The van der Waals surface area contributed by atoms with Gasteiger partial charge in [-0.2, -0.15) is 4.98 Å². The van der Waals surface area contributed by atoms with Crippen LogP contribution in [-0.2, 0) is 4.79 Å². The van der Waals surface area contributed by atoms with Gasteiger partial charge in [0, 0.05) is 17.2 Å². The fraction of sp³-hybridized carbons (Fsp3) is 0.222. The molecule has 0 amide bonds. The van der Waals surface area contributed by atoms with Gasteiger partial charge in [0.05, 0.1) is 5.92 Å². The first-order valence-corrected chi connectivity index (χ1v) is 11.1. The van der Waals surface area contributed by atoms with Gasteiger partial charge in [-0.1, -0.05) is 48.9 Å². The summed E-state index contributed by atoms with van der Waals surface area (Å²) >= 11 is 0. The first-order valence-electron chi connectivity index (χ1n) is 11.1. The van der Waals surface area contributed by atoms with Crippen LogP contribution >= 0.6 is 0 Å². The summed E-state index contributed by atoms with van der Waals surface area (Å²) in [7, 11) is 0. The molecule has 5 rings (SSSR count). The lowest BCUT2D eigenvalue weighted by Gasteiger charge is -2.17. The van der Waals surface area contributed by atoms with Crippen LogP contribution in [0.5, 0.6) is 0 Å². The number of nitrogens with zero attached hydrogens (tertiary/aromatic N) is 1. The number of fused-ring (bicyclic) bond motifs is 1. The van der Waals surface area contributed by atoms with E-state index < -0.39 is 17.8 Å². The zero-order chi connectivity index (χ0) is 22.9. The van der Waals surface area contributed by atoms with E-state index in [1.54, 1.807) is 6.07 Å². The van der Waals surface area contributed by atoms with E-state index in [0.717, 1.165) is 39.9 Å². The largest absolute Gasteiger partial charge is 0.481 e. The van der Waals surface area contributed by atoms with Gasteiger partial charge in [-0.05, 0) is 60.7 Å². The Bertz CT molecular complexity index is 1340.